The molecule has 1 unspecified atom stereocenters. The van der Waals surface area contributed by atoms with Crippen LogP contribution in [0.2, 0.25) is 5.02 Å². The minimum Gasteiger partial charge on any atom is -0.469 e. The largest absolute Gasteiger partial charge is 0.469 e. The molecule has 4 heteroatoms. The zero-order chi connectivity index (χ0) is 13.8. The summed E-state index contributed by atoms with van der Waals surface area (Å²) < 4.78 is 19.3. The zero-order valence-electron chi connectivity index (χ0n) is 11.0. The highest BCUT2D eigenvalue weighted by Crippen LogP contribution is 2.25. The first-order valence-electron chi connectivity index (χ1n) is 6.33. The number of rotatable bonds is 5. The van der Waals surface area contributed by atoms with Crippen molar-refractivity contribution in [2.45, 2.75) is 25.8 Å². The van der Waals surface area contributed by atoms with Crippen molar-refractivity contribution in [2.24, 2.45) is 0 Å². The Bertz CT molecular complexity index is 553. The van der Waals surface area contributed by atoms with Crippen LogP contribution in [-0.2, 0) is 12.8 Å². The fraction of sp³-hybridized carbons (Fsp3) is 0.333. The maximum atomic E-state index is 13.8. The summed E-state index contributed by atoms with van der Waals surface area (Å²) in [7, 11) is 1.87. The summed E-state index contributed by atoms with van der Waals surface area (Å²) >= 11 is 5.76. The summed E-state index contributed by atoms with van der Waals surface area (Å²) in [5, 5.41) is 3.63. The average molecular weight is 282 g/mol. The van der Waals surface area contributed by atoms with Crippen molar-refractivity contribution in [1.82, 2.24) is 5.32 Å². The van der Waals surface area contributed by atoms with Crippen LogP contribution in [0, 0.1) is 5.82 Å². The van der Waals surface area contributed by atoms with E-state index in [2.05, 4.69) is 5.32 Å². The molecule has 1 heterocycles. The molecule has 0 radical (unpaired) electrons. The molecule has 1 atom stereocenters. The van der Waals surface area contributed by atoms with Gasteiger partial charge in [0.1, 0.15) is 11.6 Å². The Morgan fingerprint density at radius 1 is 1.37 bits per heavy atom. The van der Waals surface area contributed by atoms with Crippen LogP contribution in [0.3, 0.4) is 0 Å². The quantitative estimate of drug-likeness (QED) is 0.891. The summed E-state index contributed by atoms with van der Waals surface area (Å²) in [5.74, 6) is 0.669. The van der Waals surface area contributed by atoms with Crippen molar-refractivity contribution in [3.63, 3.8) is 0 Å². The molecule has 0 fully saturated rings. The summed E-state index contributed by atoms with van der Waals surface area (Å²) in [5.41, 5.74) is 1.73. The van der Waals surface area contributed by atoms with Crippen molar-refractivity contribution >= 4 is 11.6 Å². The molecule has 0 saturated carbocycles. The van der Waals surface area contributed by atoms with E-state index in [-0.39, 0.29) is 11.9 Å². The summed E-state index contributed by atoms with van der Waals surface area (Å²) in [6.07, 6.45) is 3.06. The van der Waals surface area contributed by atoms with E-state index in [9.17, 15) is 4.39 Å². The van der Waals surface area contributed by atoms with Crippen molar-refractivity contribution in [2.75, 3.05) is 7.05 Å². The van der Waals surface area contributed by atoms with Gasteiger partial charge in [-0.25, -0.2) is 4.39 Å². The Hall–Kier alpha value is -1.32. The molecular weight excluding hydrogens is 265 g/mol. The van der Waals surface area contributed by atoms with Gasteiger partial charge in [0.05, 0.1) is 6.26 Å². The summed E-state index contributed by atoms with van der Waals surface area (Å²) in [6, 6.07) is 6.76. The topological polar surface area (TPSA) is 25.2 Å². The molecule has 0 spiro atoms. The number of likely N-dealkylation sites (N-methyl/N-ethyl adjacent to an activating group) is 1. The number of hydrogen-bond acceptors (Lipinski definition) is 2. The second-order valence-corrected chi connectivity index (χ2v) is 4.87. The Kier molecular flexibility index (Phi) is 4.61. The number of hydrogen-bond donors (Lipinski definition) is 1. The Balaban J connectivity index is 2.24. The maximum absolute atomic E-state index is 13.8. The molecule has 2 rings (SSSR count). The summed E-state index contributed by atoms with van der Waals surface area (Å²) in [6.45, 7) is 2.04. The van der Waals surface area contributed by atoms with Crippen LogP contribution < -0.4 is 5.32 Å². The Labute approximate surface area is 117 Å². The van der Waals surface area contributed by atoms with Gasteiger partial charge in [-0.3, -0.25) is 0 Å². The lowest BCUT2D eigenvalue weighted by molar-refractivity contribution is 0.492. The van der Waals surface area contributed by atoms with Crippen LogP contribution in [0.15, 0.2) is 34.9 Å². The van der Waals surface area contributed by atoms with Crippen LogP contribution in [0.5, 0.6) is 0 Å². The molecule has 0 aliphatic carbocycles. The third-order valence-corrected chi connectivity index (χ3v) is 3.50. The highest BCUT2D eigenvalue weighted by molar-refractivity contribution is 6.30. The molecule has 2 nitrogen and oxygen atoms in total. The Morgan fingerprint density at radius 2 is 2.16 bits per heavy atom. The molecule has 0 aliphatic rings. The lowest BCUT2D eigenvalue weighted by atomic mass is 9.98. The van der Waals surface area contributed by atoms with Crippen LogP contribution in [0.1, 0.15) is 29.9 Å². The molecule has 0 aliphatic heterocycles. The molecule has 1 aromatic carbocycles. The van der Waals surface area contributed by atoms with E-state index in [4.69, 9.17) is 16.0 Å². The number of benzene rings is 1. The van der Waals surface area contributed by atoms with Gasteiger partial charge in [0.25, 0.3) is 0 Å². The maximum Gasteiger partial charge on any atom is 0.127 e. The zero-order valence-corrected chi connectivity index (χ0v) is 11.8. The monoisotopic (exact) mass is 281 g/mol. The Morgan fingerprint density at radius 3 is 2.79 bits per heavy atom. The second kappa shape index (κ2) is 6.22. The first-order chi connectivity index (χ1) is 9.15. The normalized spacial score (nSPS) is 12.6. The minimum absolute atomic E-state index is 0.0318. The third kappa shape index (κ3) is 3.17. The van der Waals surface area contributed by atoms with E-state index in [0.717, 1.165) is 17.7 Å². The van der Waals surface area contributed by atoms with Gasteiger partial charge >= 0.3 is 0 Å². The van der Waals surface area contributed by atoms with Crippen molar-refractivity contribution < 1.29 is 8.81 Å². The van der Waals surface area contributed by atoms with Gasteiger partial charge in [-0.05, 0) is 37.2 Å². The molecule has 0 saturated heterocycles. The van der Waals surface area contributed by atoms with Crippen LogP contribution >= 0.6 is 11.6 Å². The third-order valence-electron chi connectivity index (χ3n) is 3.26. The molecule has 2 aromatic rings. The second-order valence-electron chi connectivity index (χ2n) is 4.43. The van der Waals surface area contributed by atoms with Crippen molar-refractivity contribution in [3.8, 4) is 0 Å². The van der Waals surface area contributed by atoms with E-state index in [0.29, 0.717) is 17.0 Å². The molecule has 19 heavy (non-hydrogen) atoms. The van der Waals surface area contributed by atoms with E-state index >= 15 is 0 Å². The fourth-order valence-corrected chi connectivity index (χ4v) is 2.38. The number of halogens is 2. The van der Waals surface area contributed by atoms with E-state index in [1.165, 1.54) is 6.07 Å². The van der Waals surface area contributed by atoms with Gasteiger partial charge in [0.15, 0.2) is 0 Å². The fourth-order valence-electron chi connectivity index (χ4n) is 2.22. The first kappa shape index (κ1) is 14.1. The van der Waals surface area contributed by atoms with Gasteiger partial charge in [0, 0.05) is 23.0 Å². The smallest absolute Gasteiger partial charge is 0.127 e. The lowest BCUT2D eigenvalue weighted by Gasteiger charge is -2.16. The van der Waals surface area contributed by atoms with Gasteiger partial charge in [0.2, 0.25) is 0 Å². The predicted octanol–water partition coefficient (Wildman–Crippen LogP) is 4.14. The van der Waals surface area contributed by atoms with Crippen LogP contribution in [0.25, 0.3) is 0 Å². The molecule has 1 aromatic heterocycles. The SMILES string of the molecule is CCc1occc1C(Cc1ccc(Cl)cc1F)NC. The van der Waals surface area contributed by atoms with E-state index < -0.39 is 0 Å². The number of aryl methyl sites for hydroxylation is 1. The summed E-state index contributed by atoms with van der Waals surface area (Å²) in [4.78, 5) is 0. The average Bonchev–Trinajstić information content (AvgIpc) is 2.86. The predicted molar refractivity (Wildman–Crippen MR) is 75.0 cm³/mol. The lowest BCUT2D eigenvalue weighted by Crippen LogP contribution is -2.20. The molecule has 102 valence electrons. The van der Waals surface area contributed by atoms with Crippen LogP contribution in [-0.4, -0.2) is 7.05 Å². The van der Waals surface area contributed by atoms with Crippen molar-refractivity contribution in [1.29, 1.82) is 0 Å². The standard InChI is InChI=1S/C15H17ClFNO/c1-3-15-12(6-7-19-15)14(18-2)8-10-4-5-11(16)9-13(10)17/h4-7,9,14,18H,3,8H2,1-2H3. The first-order valence-corrected chi connectivity index (χ1v) is 6.71. The van der Waals surface area contributed by atoms with Crippen molar-refractivity contribution in [3.05, 3.63) is 58.3 Å². The highest BCUT2D eigenvalue weighted by Gasteiger charge is 2.17. The van der Waals surface area contributed by atoms with Gasteiger partial charge in [-0.2, -0.15) is 0 Å². The highest BCUT2D eigenvalue weighted by atomic mass is 35.5. The van der Waals surface area contributed by atoms with Gasteiger partial charge in [-0.15, -0.1) is 0 Å². The molecule has 0 bridgehead atoms. The number of nitrogens with one attached hydrogen (secondary N) is 1. The van der Waals surface area contributed by atoms with E-state index in [1.807, 2.05) is 20.0 Å². The van der Waals surface area contributed by atoms with Gasteiger partial charge in [-0.1, -0.05) is 24.6 Å². The molecule has 1 N–H and O–H groups in total. The minimum atomic E-state index is -0.269. The molecule has 0 amide bonds. The van der Waals surface area contributed by atoms with E-state index in [1.54, 1.807) is 18.4 Å². The van der Waals surface area contributed by atoms with Crippen LogP contribution in [0.4, 0.5) is 4.39 Å². The van der Waals surface area contributed by atoms with Gasteiger partial charge < -0.3 is 9.73 Å². The molecular formula is C15H17ClFNO. The number of furan rings is 1.